The molecule has 3 aromatic rings. The molecule has 1 amide bonds. The zero-order chi connectivity index (χ0) is 18.9. The molecule has 3 rings (SSSR count). The van der Waals surface area contributed by atoms with E-state index in [-0.39, 0.29) is 12.5 Å². The number of carbonyl (C=O) groups excluding carboxylic acids is 1. The number of nitrogens with zero attached hydrogens (tertiary/aromatic N) is 1. The van der Waals surface area contributed by atoms with E-state index in [9.17, 15) is 4.79 Å². The van der Waals surface area contributed by atoms with Gasteiger partial charge in [-0.3, -0.25) is 4.79 Å². The molecular formula is C22H20N2O3. The van der Waals surface area contributed by atoms with E-state index < -0.39 is 0 Å². The normalized spacial score (nSPS) is 10.6. The Hall–Kier alpha value is -3.60. The monoisotopic (exact) mass is 360 g/mol. The zero-order valence-electron chi connectivity index (χ0n) is 15.0. The molecule has 27 heavy (non-hydrogen) atoms. The highest BCUT2D eigenvalue weighted by Gasteiger charge is 2.07. The fraction of sp³-hybridized carbons (Fsp3) is 0.0909. The van der Waals surface area contributed by atoms with Crippen molar-refractivity contribution < 1.29 is 14.3 Å². The molecule has 0 saturated carbocycles. The fourth-order valence-electron chi connectivity index (χ4n) is 2.52. The number of hydrogen-bond donors (Lipinski definition) is 1. The van der Waals surface area contributed by atoms with Crippen LogP contribution in [0.3, 0.4) is 0 Å². The summed E-state index contributed by atoms with van der Waals surface area (Å²) in [7, 11) is 1.60. The first-order chi connectivity index (χ1) is 13.3. The van der Waals surface area contributed by atoms with Crippen LogP contribution in [0.5, 0.6) is 11.5 Å². The zero-order valence-corrected chi connectivity index (χ0v) is 15.0. The minimum atomic E-state index is -0.336. The van der Waals surface area contributed by atoms with Crippen LogP contribution in [0.1, 0.15) is 5.56 Å². The van der Waals surface area contributed by atoms with Gasteiger partial charge in [0.15, 0.2) is 6.61 Å². The number of ether oxygens (including phenoxy) is 2. The van der Waals surface area contributed by atoms with Crippen LogP contribution >= 0.6 is 0 Å². The number of para-hydroxylation sites is 1. The van der Waals surface area contributed by atoms with Crippen molar-refractivity contribution in [2.45, 2.75) is 0 Å². The van der Waals surface area contributed by atoms with Gasteiger partial charge in [-0.2, -0.15) is 5.10 Å². The Labute approximate surface area is 158 Å². The Morgan fingerprint density at radius 2 is 1.78 bits per heavy atom. The molecule has 0 fully saturated rings. The minimum absolute atomic E-state index is 0.126. The molecule has 0 aliphatic carbocycles. The third-order valence-electron chi connectivity index (χ3n) is 3.83. The number of nitrogens with one attached hydrogen (secondary N) is 1. The van der Waals surface area contributed by atoms with Gasteiger partial charge in [0, 0.05) is 5.56 Å². The second kappa shape index (κ2) is 9.20. The average molecular weight is 360 g/mol. The molecule has 1 N–H and O–H groups in total. The van der Waals surface area contributed by atoms with Crippen molar-refractivity contribution in [2.75, 3.05) is 13.7 Å². The maximum atomic E-state index is 12.0. The Morgan fingerprint density at radius 3 is 2.59 bits per heavy atom. The van der Waals surface area contributed by atoms with Gasteiger partial charge < -0.3 is 9.47 Å². The molecule has 0 saturated heterocycles. The van der Waals surface area contributed by atoms with Gasteiger partial charge in [0.1, 0.15) is 11.5 Å². The summed E-state index contributed by atoms with van der Waals surface area (Å²) in [5, 5.41) is 3.95. The molecule has 136 valence electrons. The first-order valence-corrected chi connectivity index (χ1v) is 8.49. The second-order valence-electron chi connectivity index (χ2n) is 5.72. The molecule has 0 aliphatic rings. The van der Waals surface area contributed by atoms with E-state index in [4.69, 9.17) is 9.47 Å². The van der Waals surface area contributed by atoms with Gasteiger partial charge in [-0.25, -0.2) is 5.43 Å². The molecule has 0 aromatic heterocycles. The topological polar surface area (TPSA) is 59.9 Å². The van der Waals surface area contributed by atoms with E-state index in [1.54, 1.807) is 13.3 Å². The number of carbonyl (C=O) groups is 1. The average Bonchev–Trinajstić information content (AvgIpc) is 2.73. The van der Waals surface area contributed by atoms with Crippen molar-refractivity contribution in [1.29, 1.82) is 0 Å². The van der Waals surface area contributed by atoms with Gasteiger partial charge in [0.25, 0.3) is 5.91 Å². The van der Waals surface area contributed by atoms with E-state index in [0.29, 0.717) is 5.75 Å². The highest BCUT2D eigenvalue weighted by atomic mass is 16.5. The standard InChI is InChI=1S/C22H20N2O3/c1-26-19-11-7-8-17(14-19)15-23-24-22(25)16-27-21-13-6-5-12-20(21)18-9-3-2-4-10-18/h2-15H,16H2,1H3,(H,24,25)/b23-15-. The number of methoxy groups -OCH3 is 1. The first-order valence-electron chi connectivity index (χ1n) is 8.49. The van der Waals surface area contributed by atoms with Crippen molar-refractivity contribution >= 4 is 12.1 Å². The minimum Gasteiger partial charge on any atom is -0.497 e. The molecule has 5 nitrogen and oxygen atoms in total. The van der Waals surface area contributed by atoms with Crippen LogP contribution in [0.4, 0.5) is 0 Å². The lowest BCUT2D eigenvalue weighted by atomic mass is 10.1. The van der Waals surface area contributed by atoms with E-state index in [1.807, 2.05) is 78.9 Å². The summed E-state index contributed by atoms with van der Waals surface area (Å²) < 4.78 is 10.8. The van der Waals surface area contributed by atoms with Crippen molar-refractivity contribution in [3.8, 4) is 22.6 Å². The number of rotatable bonds is 7. The summed E-state index contributed by atoms with van der Waals surface area (Å²) in [6.45, 7) is -0.126. The van der Waals surface area contributed by atoms with Gasteiger partial charge in [-0.1, -0.05) is 60.7 Å². The summed E-state index contributed by atoms with van der Waals surface area (Å²) in [6.07, 6.45) is 1.55. The van der Waals surface area contributed by atoms with Gasteiger partial charge in [-0.05, 0) is 29.3 Å². The molecule has 0 aliphatic heterocycles. The summed E-state index contributed by atoms with van der Waals surface area (Å²) in [5.41, 5.74) is 5.25. The quantitative estimate of drug-likeness (QED) is 0.514. The van der Waals surface area contributed by atoms with E-state index >= 15 is 0 Å². The van der Waals surface area contributed by atoms with Crippen molar-refractivity contribution in [1.82, 2.24) is 5.43 Å². The number of hydrazone groups is 1. The predicted octanol–water partition coefficient (Wildman–Crippen LogP) is 3.89. The van der Waals surface area contributed by atoms with E-state index in [2.05, 4.69) is 10.5 Å². The summed E-state index contributed by atoms with van der Waals surface area (Å²) in [4.78, 5) is 12.0. The van der Waals surface area contributed by atoms with Crippen molar-refractivity contribution in [2.24, 2.45) is 5.10 Å². The van der Waals surface area contributed by atoms with Gasteiger partial charge >= 0.3 is 0 Å². The summed E-state index contributed by atoms with van der Waals surface area (Å²) >= 11 is 0. The molecule has 0 spiro atoms. The smallest absolute Gasteiger partial charge is 0.277 e. The van der Waals surface area contributed by atoms with Crippen LogP contribution in [0.25, 0.3) is 11.1 Å². The predicted molar refractivity (Wildman–Crippen MR) is 106 cm³/mol. The molecular weight excluding hydrogens is 340 g/mol. The van der Waals surface area contributed by atoms with Crippen LogP contribution in [0, 0.1) is 0 Å². The summed E-state index contributed by atoms with van der Waals surface area (Å²) in [5.74, 6) is 1.04. The lowest BCUT2D eigenvalue weighted by molar-refractivity contribution is -0.123. The molecule has 0 atom stereocenters. The van der Waals surface area contributed by atoms with Crippen LogP contribution in [-0.4, -0.2) is 25.8 Å². The third kappa shape index (κ3) is 5.19. The highest BCUT2D eigenvalue weighted by molar-refractivity contribution is 5.83. The molecule has 0 unspecified atom stereocenters. The molecule has 0 bridgehead atoms. The maximum Gasteiger partial charge on any atom is 0.277 e. The second-order valence-corrected chi connectivity index (χ2v) is 5.72. The van der Waals surface area contributed by atoms with Gasteiger partial charge in [0.2, 0.25) is 0 Å². The number of hydrogen-bond acceptors (Lipinski definition) is 4. The lowest BCUT2D eigenvalue weighted by Gasteiger charge is -2.10. The van der Waals surface area contributed by atoms with Crippen LogP contribution in [-0.2, 0) is 4.79 Å². The highest BCUT2D eigenvalue weighted by Crippen LogP contribution is 2.29. The van der Waals surface area contributed by atoms with Crippen LogP contribution < -0.4 is 14.9 Å². The number of benzene rings is 3. The molecule has 3 aromatic carbocycles. The SMILES string of the molecule is COc1cccc(/C=N\NC(=O)COc2ccccc2-c2ccccc2)c1. The molecule has 0 radical (unpaired) electrons. The van der Waals surface area contributed by atoms with E-state index in [0.717, 1.165) is 22.4 Å². The molecule has 0 heterocycles. The Balaban J connectivity index is 1.58. The van der Waals surface area contributed by atoms with Gasteiger partial charge in [0.05, 0.1) is 13.3 Å². The Morgan fingerprint density at radius 1 is 1.00 bits per heavy atom. The van der Waals surface area contributed by atoms with Crippen LogP contribution in [0.15, 0.2) is 84.0 Å². The third-order valence-corrected chi connectivity index (χ3v) is 3.83. The summed E-state index contributed by atoms with van der Waals surface area (Å²) in [6, 6.07) is 24.9. The Kier molecular flexibility index (Phi) is 6.20. The van der Waals surface area contributed by atoms with Crippen molar-refractivity contribution in [3.63, 3.8) is 0 Å². The van der Waals surface area contributed by atoms with Crippen molar-refractivity contribution in [3.05, 3.63) is 84.4 Å². The molecule has 5 heteroatoms. The largest absolute Gasteiger partial charge is 0.497 e. The fourth-order valence-corrected chi connectivity index (χ4v) is 2.52. The maximum absolute atomic E-state index is 12.0. The van der Waals surface area contributed by atoms with E-state index in [1.165, 1.54) is 0 Å². The van der Waals surface area contributed by atoms with Gasteiger partial charge in [-0.15, -0.1) is 0 Å². The Bertz CT molecular complexity index is 924. The number of amides is 1. The lowest BCUT2D eigenvalue weighted by Crippen LogP contribution is -2.24. The van der Waals surface area contributed by atoms with Crippen LogP contribution in [0.2, 0.25) is 0 Å². The first kappa shape index (κ1) is 18.2.